The summed E-state index contributed by atoms with van der Waals surface area (Å²) in [6.07, 6.45) is 0. The Morgan fingerprint density at radius 1 is 1.00 bits per heavy atom. The predicted molar refractivity (Wildman–Crippen MR) is 107 cm³/mol. The summed E-state index contributed by atoms with van der Waals surface area (Å²) >= 11 is 1.54. The van der Waals surface area contributed by atoms with E-state index in [-0.39, 0.29) is 12.4 Å². The van der Waals surface area contributed by atoms with Crippen molar-refractivity contribution in [1.82, 2.24) is 9.97 Å². The van der Waals surface area contributed by atoms with Gasteiger partial charge >= 0.3 is 0 Å². The van der Waals surface area contributed by atoms with Gasteiger partial charge in [0.15, 0.2) is 11.5 Å². The lowest BCUT2D eigenvalue weighted by Gasteiger charge is -2.04. The van der Waals surface area contributed by atoms with Crippen LogP contribution in [0, 0.1) is 13.8 Å². The minimum absolute atomic E-state index is 0.132. The smallest absolute Gasteiger partial charge is 0.260 e. The van der Waals surface area contributed by atoms with E-state index < -0.39 is 0 Å². The van der Waals surface area contributed by atoms with Crippen molar-refractivity contribution >= 4 is 21.6 Å². The second-order valence-electron chi connectivity index (χ2n) is 6.56. The van der Waals surface area contributed by atoms with Crippen molar-refractivity contribution in [1.29, 1.82) is 0 Å². The molecule has 0 atom stereocenters. The van der Waals surface area contributed by atoms with Gasteiger partial charge in [-0.05, 0) is 37.6 Å². The van der Waals surface area contributed by atoms with Gasteiger partial charge in [0.1, 0.15) is 10.7 Å². The van der Waals surface area contributed by atoms with Gasteiger partial charge in [-0.25, -0.2) is 4.98 Å². The van der Waals surface area contributed by atoms with Crippen LogP contribution in [0.25, 0.3) is 32.7 Å². The van der Waals surface area contributed by atoms with E-state index in [4.69, 9.17) is 14.5 Å². The maximum atomic E-state index is 12.9. The molecule has 0 fully saturated rings. The number of aryl methyl sites for hydroxylation is 2. The lowest BCUT2D eigenvalue weighted by Crippen LogP contribution is -2.09. The minimum atomic E-state index is -0.132. The quantitative estimate of drug-likeness (QED) is 0.552. The molecule has 2 aromatic carbocycles. The average Bonchev–Trinajstić information content (AvgIpc) is 3.25. The van der Waals surface area contributed by atoms with Crippen LogP contribution in [0.15, 0.2) is 47.3 Å². The summed E-state index contributed by atoms with van der Waals surface area (Å²) in [5, 5.41) is 0.644. The molecule has 0 amide bonds. The van der Waals surface area contributed by atoms with E-state index in [0.717, 1.165) is 26.4 Å². The standard InChI is InChI=1S/C21H16N2O3S/c1-11-3-5-13(6-4-11)17-12(2)27-21-18(17)20(24)22-19(23-21)14-7-8-15-16(9-14)26-10-25-15/h3-9H,10H2,1-2H3,(H,22,23,24). The van der Waals surface area contributed by atoms with Gasteiger partial charge in [-0.15, -0.1) is 11.3 Å². The summed E-state index contributed by atoms with van der Waals surface area (Å²) in [6.45, 7) is 4.29. The molecular weight excluding hydrogens is 360 g/mol. The molecule has 5 rings (SSSR count). The fourth-order valence-electron chi connectivity index (χ4n) is 3.37. The summed E-state index contributed by atoms with van der Waals surface area (Å²) < 4.78 is 10.8. The Morgan fingerprint density at radius 3 is 2.56 bits per heavy atom. The Hall–Kier alpha value is -3.12. The molecule has 0 saturated carbocycles. The molecule has 1 aliphatic rings. The molecule has 134 valence electrons. The Bertz CT molecular complexity index is 1240. The maximum absolute atomic E-state index is 12.9. The van der Waals surface area contributed by atoms with Crippen LogP contribution < -0.4 is 15.0 Å². The Morgan fingerprint density at radius 2 is 1.74 bits per heavy atom. The van der Waals surface area contributed by atoms with Crippen LogP contribution in [-0.4, -0.2) is 16.8 Å². The van der Waals surface area contributed by atoms with E-state index in [1.807, 2.05) is 32.0 Å². The molecule has 0 spiro atoms. The highest BCUT2D eigenvalue weighted by Gasteiger charge is 2.19. The number of nitrogens with one attached hydrogen (secondary N) is 1. The summed E-state index contributed by atoms with van der Waals surface area (Å²) in [5.74, 6) is 1.90. The highest BCUT2D eigenvalue weighted by atomic mass is 32.1. The highest BCUT2D eigenvalue weighted by Crippen LogP contribution is 2.38. The van der Waals surface area contributed by atoms with Gasteiger partial charge in [-0.2, -0.15) is 0 Å². The van der Waals surface area contributed by atoms with Gasteiger partial charge < -0.3 is 14.5 Å². The third-order valence-electron chi connectivity index (χ3n) is 4.72. The number of fused-ring (bicyclic) bond motifs is 2. The number of benzene rings is 2. The largest absolute Gasteiger partial charge is 0.454 e. The van der Waals surface area contributed by atoms with Crippen molar-refractivity contribution in [3.8, 4) is 34.0 Å². The monoisotopic (exact) mass is 376 g/mol. The average molecular weight is 376 g/mol. The van der Waals surface area contributed by atoms with Crippen molar-refractivity contribution in [2.75, 3.05) is 6.79 Å². The number of hydrogen-bond donors (Lipinski definition) is 1. The minimum Gasteiger partial charge on any atom is -0.454 e. The molecule has 6 heteroatoms. The topological polar surface area (TPSA) is 64.2 Å². The first-order chi connectivity index (χ1) is 13.1. The van der Waals surface area contributed by atoms with E-state index in [1.54, 1.807) is 0 Å². The molecule has 0 saturated heterocycles. The van der Waals surface area contributed by atoms with E-state index >= 15 is 0 Å². The van der Waals surface area contributed by atoms with Crippen molar-refractivity contribution in [2.45, 2.75) is 13.8 Å². The second kappa shape index (κ2) is 5.96. The molecule has 0 radical (unpaired) electrons. The second-order valence-corrected chi connectivity index (χ2v) is 7.77. The zero-order valence-electron chi connectivity index (χ0n) is 14.8. The van der Waals surface area contributed by atoms with Crippen molar-refractivity contribution in [3.05, 3.63) is 63.3 Å². The number of rotatable bonds is 2. The van der Waals surface area contributed by atoms with Crippen LogP contribution in [0.2, 0.25) is 0 Å². The summed E-state index contributed by atoms with van der Waals surface area (Å²) in [4.78, 5) is 22.4. The third kappa shape index (κ3) is 2.61. The molecule has 1 aliphatic heterocycles. The third-order valence-corrected chi connectivity index (χ3v) is 5.72. The zero-order valence-corrected chi connectivity index (χ0v) is 15.6. The van der Waals surface area contributed by atoms with E-state index in [0.29, 0.717) is 22.7 Å². The fraction of sp³-hybridized carbons (Fsp3) is 0.143. The van der Waals surface area contributed by atoms with Gasteiger partial charge in [-0.1, -0.05) is 29.8 Å². The number of aromatic nitrogens is 2. The summed E-state index contributed by atoms with van der Waals surface area (Å²) in [6, 6.07) is 13.8. The maximum Gasteiger partial charge on any atom is 0.260 e. The number of H-pyrrole nitrogens is 1. The first-order valence-corrected chi connectivity index (χ1v) is 9.42. The Kier molecular flexibility index (Phi) is 3.55. The number of aromatic amines is 1. The lowest BCUT2D eigenvalue weighted by molar-refractivity contribution is 0.174. The molecule has 3 heterocycles. The number of nitrogens with zero attached hydrogens (tertiary/aromatic N) is 1. The van der Waals surface area contributed by atoms with E-state index in [9.17, 15) is 4.79 Å². The zero-order chi connectivity index (χ0) is 18.5. The van der Waals surface area contributed by atoms with Gasteiger partial charge in [0.05, 0.1) is 5.39 Å². The Balaban J connectivity index is 1.69. The molecule has 0 aliphatic carbocycles. The molecule has 0 unspecified atom stereocenters. The van der Waals surface area contributed by atoms with Gasteiger partial charge in [0.25, 0.3) is 5.56 Å². The van der Waals surface area contributed by atoms with Crippen LogP contribution >= 0.6 is 11.3 Å². The van der Waals surface area contributed by atoms with Gasteiger partial charge in [0.2, 0.25) is 6.79 Å². The van der Waals surface area contributed by atoms with Crippen LogP contribution in [0.4, 0.5) is 0 Å². The molecule has 5 nitrogen and oxygen atoms in total. The number of ether oxygens (including phenoxy) is 2. The van der Waals surface area contributed by atoms with Gasteiger partial charge in [-0.3, -0.25) is 4.79 Å². The number of thiophene rings is 1. The van der Waals surface area contributed by atoms with Crippen LogP contribution in [0.3, 0.4) is 0 Å². The lowest BCUT2D eigenvalue weighted by atomic mass is 10.0. The van der Waals surface area contributed by atoms with Crippen LogP contribution in [0.5, 0.6) is 11.5 Å². The molecule has 27 heavy (non-hydrogen) atoms. The highest BCUT2D eigenvalue weighted by molar-refractivity contribution is 7.19. The first-order valence-electron chi connectivity index (χ1n) is 8.60. The Labute approximate surface area is 159 Å². The summed E-state index contributed by atoms with van der Waals surface area (Å²) in [7, 11) is 0. The van der Waals surface area contributed by atoms with Crippen molar-refractivity contribution in [2.24, 2.45) is 0 Å². The molecule has 4 aromatic rings. The van der Waals surface area contributed by atoms with E-state index in [2.05, 4.69) is 29.2 Å². The normalized spacial score (nSPS) is 12.7. The van der Waals surface area contributed by atoms with Crippen molar-refractivity contribution < 1.29 is 9.47 Å². The van der Waals surface area contributed by atoms with Gasteiger partial charge in [0, 0.05) is 16.0 Å². The predicted octanol–water partition coefficient (Wildman–Crippen LogP) is 4.66. The van der Waals surface area contributed by atoms with Crippen molar-refractivity contribution in [3.63, 3.8) is 0 Å². The summed E-state index contributed by atoms with van der Waals surface area (Å²) in [5.41, 5.74) is 3.84. The number of hydrogen-bond acceptors (Lipinski definition) is 5. The first kappa shape index (κ1) is 16.1. The van der Waals surface area contributed by atoms with Crippen LogP contribution in [0.1, 0.15) is 10.4 Å². The molecule has 2 aromatic heterocycles. The molecular formula is C21H16N2O3S. The van der Waals surface area contributed by atoms with Crippen LogP contribution in [-0.2, 0) is 0 Å². The molecule has 0 bridgehead atoms. The molecule has 1 N–H and O–H groups in total. The fourth-order valence-corrected chi connectivity index (χ4v) is 4.41. The van der Waals surface area contributed by atoms with E-state index in [1.165, 1.54) is 16.9 Å². The SMILES string of the molecule is Cc1ccc(-c2c(C)sc3nc(-c4ccc5c(c4)OCO5)[nH]c(=O)c23)cc1.